The van der Waals surface area contributed by atoms with Gasteiger partial charge >= 0.3 is 0 Å². The lowest BCUT2D eigenvalue weighted by atomic mass is 9.50. The largest absolute Gasteiger partial charge is 0.378 e. The van der Waals surface area contributed by atoms with Gasteiger partial charge in [0, 0.05) is 30.7 Å². The zero-order chi connectivity index (χ0) is 14.2. The summed E-state index contributed by atoms with van der Waals surface area (Å²) in [6.45, 7) is 11.5. The van der Waals surface area contributed by atoms with Crippen molar-refractivity contribution in [2.45, 2.75) is 71.1 Å². The summed E-state index contributed by atoms with van der Waals surface area (Å²) in [4.78, 5) is 2.59. The van der Waals surface area contributed by atoms with Crippen LogP contribution in [0.1, 0.15) is 52.9 Å². The smallest absolute Gasteiger partial charge is 0.0661 e. The molecule has 4 atom stereocenters. The highest BCUT2D eigenvalue weighted by atomic mass is 16.5. The van der Waals surface area contributed by atoms with E-state index >= 15 is 0 Å². The molecule has 0 aromatic rings. The molecule has 0 unspecified atom stereocenters. The van der Waals surface area contributed by atoms with Crippen LogP contribution < -0.4 is 5.32 Å². The molecule has 116 valence electrons. The standard InChI is InChI=1S/C17H32N2O/c1-4-19-10-7-14(13(3)12-19)18-15-11-16(20-5-2)17(15)8-6-9-17/h13-16,18H,4-12H2,1-3H3/t13-,14+,15-,16+/m0/s1. The molecule has 3 rings (SSSR count). The van der Waals surface area contributed by atoms with Crippen molar-refractivity contribution in [3.05, 3.63) is 0 Å². The van der Waals surface area contributed by atoms with Gasteiger partial charge in [0.05, 0.1) is 6.10 Å². The molecule has 2 aliphatic carbocycles. The SMILES string of the molecule is CCO[C@@H]1C[C@H](N[C@@H]2CCN(CC)C[C@@H]2C)C12CCC2. The number of hydrogen-bond acceptors (Lipinski definition) is 3. The first-order valence-electron chi connectivity index (χ1n) is 8.79. The van der Waals surface area contributed by atoms with E-state index < -0.39 is 0 Å². The number of rotatable bonds is 5. The molecule has 0 bridgehead atoms. The first-order chi connectivity index (χ1) is 9.69. The molecule has 1 N–H and O–H groups in total. The Labute approximate surface area is 124 Å². The fourth-order valence-electron chi connectivity index (χ4n) is 4.70. The zero-order valence-corrected chi connectivity index (χ0v) is 13.5. The number of ether oxygens (including phenoxy) is 1. The molecule has 0 radical (unpaired) electrons. The van der Waals surface area contributed by atoms with Crippen molar-refractivity contribution < 1.29 is 4.74 Å². The Balaban J connectivity index is 1.54. The van der Waals surface area contributed by atoms with Crippen molar-refractivity contribution in [3.8, 4) is 0 Å². The molecule has 1 saturated heterocycles. The van der Waals surface area contributed by atoms with Crippen LogP contribution in [0, 0.1) is 11.3 Å². The van der Waals surface area contributed by atoms with Gasteiger partial charge in [0.1, 0.15) is 0 Å². The zero-order valence-electron chi connectivity index (χ0n) is 13.5. The van der Waals surface area contributed by atoms with Gasteiger partial charge in [-0.1, -0.05) is 20.3 Å². The number of nitrogens with one attached hydrogen (secondary N) is 1. The summed E-state index contributed by atoms with van der Waals surface area (Å²) < 4.78 is 5.97. The molecule has 0 amide bonds. The molecule has 1 heterocycles. The van der Waals surface area contributed by atoms with Crippen molar-refractivity contribution in [3.63, 3.8) is 0 Å². The van der Waals surface area contributed by atoms with Crippen LogP contribution in [-0.4, -0.2) is 49.3 Å². The monoisotopic (exact) mass is 280 g/mol. The summed E-state index contributed by atoms with van der Waals surface area (Å²) >= 11 is 0. The number of likely N-dealkylation sites (tertiary alicyclic amines) is 1. The van der Waals surface area contributed by atoms with E-state index in [0.717, 1.165) is 24.6 Å². The van der Waals surface area contributed by atoms with Crippen LogP contribution in [-0.2, 0) is 4.74 Å². The topological polar surface area (TPSA) is 24.5 Å². The fourth-order valence-corrected chi connectivity index (χ4v) is 4.70. The predicted octanol–water partition coefficient (Wildman–Crippen LogP) is 2.65. The van der Waals surface area contributed by atoms with Gasteiger partial charge in [-0.15, -0.1) is 0 Å². The third kappa shape index (κ3) is 2.42. The van der Waals surface area contributed by atoms with E-state index in [1.807, 2.05) is 0 Å². The molecule has 3 heteroatoms. The van der Waals surface area contributed by atoms with Gasteiger partial charge in [-0.3, -0.25) is 0 Å². The maximum absolute atomic E-state index is 5.97. The second-order valence-electron chi connectivity index (χ2n) is 7.25. The Morgan fingerprint density at radius 3 is 2.65 bits per heavy atom. The van der Waals surface area contributed by atoms with Crippen molar-refractivity contribution in [1.29, 1.82) is 0 Å². The van der Waals surface area contributed by atoms with Crippen LogP contribution in [0.5, 0.6) is 0 Å². The van der Waals surface area contributed by atoms with Crippen LogP contribution in [0.15, 0.2) is 0 Å². The molecular formula is C17H32N2O. The van der Waals surface area contributed by atoms with Crippen molar-refractivity contribution in [2.75, 3.05) is 26.2 Å². The lowest BCUT2D eigenvalue weighted by Crippen LogP contribution is -2.69. The summed E-state index contributed by atoms with van der Waals surface area (Å²) in [7, 11) is 0. The Kier molecular flexibility index (Phi) is 4.40. The maximum Gasteiger partial charge on any atom is 0.0661 e. The molecule has 20 heavy (non-hydrogen) atoms. The van der Waals surface area contributed by atoms with Crippen molar-refractivity contribution >= 4 is 0 Å². The normalized spacial score (nSPS) is 40.4. The van der Waals surface area contributed by atoms with E-state index in [0.29, 0.717) is 11.5 Å². The quantitative estimate of drug-likeness (QED) is 0.838. The molecule has 2 saturated carbocycles. The first-order valence-corrected chi connectivity index (χ1v) is 8.79. The van der Waals surface area contributed by atoms with Crippen LogP contribution in [0.2, 0.25) is 0 Å². The van der Waals surface area contributed by atoms with Crippen LogP contribution in [0.25, 0.3) is 0 Å². The van der Waals surface area contributed by atoms with Gasteiger partial charge < -0.3 is 15.0 Å². The van der Waals surface area contributed by atoms with Crippen LogP contribution in [0.3, 0.4) is 0 Å². The van der Waals surface area contributed by atoms with E-state index in [9.17, 15) is 0 Å². The van der Waals surface area contributed by atoms with Gasteiger partial charge in [-0.05, 0) is 51.6 Å². The predicted molar refractivity (Wildman–Crippen MR) is 82.9 cm³/mol. The lowest BCUT2D eigenvalue weighted by Gasteiger charge is -2.62. The van der Waals surface area contributed by atoms with Crippen LogP contribution in [0.4, 0.5) is 0 Å². The number of nitrogens with zero attached hydrogens (tertiary/aromatic N) is 1. The Bertz CT molecular complexity index is 329. The minimum atomic E-state index is 0.512. The highest BCUT2D eigenvalue weighted by Gasteiger charge is 2.59. The van der Waals surface area contributed by atoms with Crippen LogP contribution >= 0.6 is 0 Å². The maximum atomic E-state index is 5.97. The number of hydrogen-bond donors (Lipinski definition) is 1. The molecule has 3 nitrogen and oxygen atoms in total. The molecule has 3 aliphatic rings. The Morgan fingerprint density at radius 2 is 2.10 bits per heavy atom. The third-order valence-electron chi connectivity index (χ3n) is 6.29. The van der Waals surface area contributed by atoms with E-state index in [2.05, 4.69) is 31.0 Å². The van der Waals surface area contributed by atoms with Crippen molar-refractivity contribution in [1.82, 2.24) is 10.2 Å². The lowest BCUT2D eigenvalue weighted by molar-refractivity contribution is -0.176. The van der Waals surface area contributed by atoms with Gasteiger partial charge in [0.2, 0.25) is 0 Å². The van der Waals surface area contributed by atoms with Crippen molar-refractivity contribution in [2.24, 2.45) is 11.3 Å². The summed E-state index contributed by atoms with van der Waals surface area (Å²) in [5, 5.41) is 4.02. The van der Waals surface area contributed by atoms with E-state index in [4.69, 9.17) is 4.74 Å². The third-order valence-corrected chi connectivity index (χ3v) is 6.29. The minimum Gasteiger partial charge on any atom is -0.378 e. The van der Waals surface area contributed by atoms with Gasteiger partial charge in [0.25, 0.3) is 0 Å². The first kappa shape index (κ1) is 14.8. The molecule has 0 aromatic carbocycles. The summed E-state index contributed by atoms with van der Waals surface area (Å²) in [5.41, 5.74) is 0.512. The molecule has 1 spiro atoms. The molecule has 3 fully saturated rings. The Hall–Kier alpha value is -0.120. The molecule has 1 aliphatic heterocycles. The summed E-state index contributed by atoms with van der Waals surface area (Å²) in [6, 6.07) is 1.45. The second-order valence-corrected chi connectivity index (χ2v) is 7.25. The highest BCUT2D eigenvalue weighted by molar-refractivity contribution is 5.13. The highest BCUT2D eigenvalue weighted by Crippen LogP contribution is 2.57. The van der Waals surface area contributed by atoms with Gasteiger partial charge in [0.15, 0.2) is 0 Å². The summed E-state index contributed by atoms with van der Waals surface area (Å²) in [5.74, 6) is 0.784. The number of piperidine rings is 1. The van der Waals surface area contributed by atoms with E-state index in [1.165, 1.54) is 51.7 Å². The average molecular weight is 280 g/mol. The van der Waals surface area contributed by atoms with Gasteiger partial charge in [-0.2, -0.15) is 0 Å². The van der Waals surface area contributed by atoms with E-state index in [1.54, 1.807) is 0 Å². The minimum absolute atomic E-state index is 0.512. The molecular weight excluding hydrogens is 248 g/mol. The average Bonchev–Trinajstić information content (AvgIpc) is 2.37. The Morgan fingerprint density at radius 1 is 1.30 bits per heavy atom. The van der Waals surface area contributed by atoms with E-state index in [-0.39, 0.29) is 0 Å². The molecule has 0 aromatic heterocycles. The van der Waals surface area contributed by atoms with Gasteiger partial charge in [-0.25, -0.2) is 0 Å². The summed E-state index contributed by atoms with van der Waals surface area (Å²) in [6.07, 6.45) is 7.29. The fraction of sp³-hybridized carbons (Fsp3) is 1.00. The second kappa shape index (κ2) is 5.94.